The van der Waals surface area contributed by atoms with E-state index < -0.39 is 0 Å². The van der Waals surface area contributed by atoms with Crippen LogP contribution in [0.1, 0.15) is 36.3 Å². The fourth-order valence-electron chi connectivity index (χ4n) is 3.76. The molecular weight excluding hydrogens is 367 g/mol. The lowest BCUT2D eigenvalue weighted by molar-refractivity contribution is 0.467. The summed E-state index contributed by atoms with van der Waals surface area (Å²) in [5.74, 6) is 0.585. The van der Waals surface area contributed by atoms with Crippen molar-refractivity contribution >= 4 is 39.5 Å². The van der Waals surface area contributed by atoms with Crippen molar-refractivity contribution in [1.29, 1.82) is 0 Å². The fourth-order valence-corrected chi connectivity index (χ4v) is 4.20. The summed E-state index contributed by atoms with van der Waals surface area (Å²) in [7, 11) is 0. The van der Waals surface area contributed by atoms with E-state index in [1.807, 2.05) is 24.3 Å². The quantitative estimate of drug-likeness (QED) is 0.471. The molecule has 0 radical (unpaired) electrons. The topological polar surface area (TPSA) is 40.5 Å². The molecule has 1 unspecified atom stereocenters. The van der Waals surface area contributed by atoms with Crippen LogP contribution in [0.5, 0.6) is 11.5 Å². The van der Waals surface area contributed by atoms with Gasteiger partial charge in [0.05, 0.1) is 5.02 Å². The standard InChI is InChI=1S/C22H18Cl2O2/c23-16-11-9-14(10-12-16)13-5-7-15(8-6-13)19-20(24)22(26)18-4-2-1-3-17(18)21(19)25/h1-4,7,9-13,25-26H,5-6,8H2. The molecule has 0 aliphatic heterocycles. The Morgan fingerprint density at radius 2 is 1.50 bits per heavy atom. The summed E-state index contributed by atoms with van der Waals surface area (Å²) in [6, 6.07) is 15.2. The first-order chi connectivity index (χ1) is 12.6. The Kier molecular flexibility index (Phi) is 4.56. The van der Waals surface area contributed by atoms with Gasteiger partial charge in [-0.05, 0) is 48.4 Å². The van der Waals surface area contributed by atoms with Crippen LogP contribution in [0.2, 0.25) is 10.0 Å². The third-order valence-electron chi connectivity index (χ3n) is 5.17. The molecule has 0 aromatic heterocycles. The van der Waals surface area contributed by atoms with E-state index >= 15 is 0 Å². The van der Waals surface area contributed by atoms with Crippen LogP contribution in [0.3, 0.4) is 0 Å². The number of benzene rings is 3. The van der Waals surface area contributed by atoms with Gasteiger partial charge in [0.15, 0.2) is 0 Å². The molecule has 1 atom stereocenters. The number of phenolic OH excluding ortho intramolecular Hbond substituents is 2. The van der Waals surface area contributed by atoms with Crippen LogP contribution in [0.25, 0.3) is 16.3 Å². The minimum absolute atomic E-state index is 0.0239. The Labute approximate surface area is 162 Å². The second-order valence-electron chi connectivity index (χ2n) is 6.68. The number of aromatic hydroxyl groups is 2. The fraction of sp³-hybridized carbons (Fsp3) is 0.182. The molecule has 2 N–H and O–H groups in total. The molecule has 1 aliphatic rings. The molecule has 0 bridgehead atoms. The Balaban J connectivity index is 1.72. The van der Waals surface area contributed by atoms with Crippen molar-refractivity contribution in [3.8, 4) is 11.5 Å². The predicted molar refractivity (Wildman–Crippen MR) is 108 cm³/mol. The smallest absolute Gasteiger partial charge is 0.142 e. The first-order valence-electron chi connectivity index (χ1n) is 8.63. The Morgan fingerprint density at radius 3 is 2.12 bits per heavy atom. The molecule has 2 nitrogen and oxygen atoms in total. The van der Waals surface area contributed by atoms with E-state index in [4.69, 9.17) is 23.2 Å². The molecule has 1 aliphatic carbocycles. The Bertz CT molecular complexity index is 1010. The van der Waals surface area contributed by atoms with Crippen LogP contribution in [-0.2, 0) is 0 Å². The Morgan fingerprint density at radius 1 is 0.846 bits per heavy atom. The number of rotatable bonds is 2. The number of fused-ring (bicyclic) bond motifs is 1. The largest absolute Gasteiger partial charge is 0.507 e. The highest BCUT2D eigenvalue weighted by molar-refractivity contribution is 6.35. The summed E-state index contributed by atoms with van der Waals surface area (Å²) in [5.41, 5.74) is 2.80. The molecule has 0 amide bonds. The maximum atomic E-state index is 10.8. The second kappa shape index (κ2) is 6.86. The maximum absolute atomic E-state index is 10.8. The van der Waals surface area contributed by atoms with Crippen LogP contribution in [0, 0.1) is 0 Å². The number of hydrogen-bond acceptors (Lipinski definition) is 2. The van der Waals surface area contributed by atoms with Crippen molar-refractivity contribution in [2.24, 2.45) is 0 Å². The van der Waals surface area contributed by atoms with Gasteiger partial charge in [-0.1, -0.05) is 65.7 Å². The van der Waals surface area contributed by atoms with Crippen LogP contribution in [0.15, 0.2) is 54.6 Å². The summed E-state index contributed by atoms with van der Waals surface area (Å²) in [4.78, 5) is 0. The molecule has 0 saturated heterocycles. The molecule has 0 fully saturated rings. The summed E-state index contributed by atoms with van der Waals surface area (Å²) < 4.78 is 0. The van der Waals surface area contributed by atoms with Gasteiger partial charge in [0.1, 0.15) is 11.5 Å². The van der Waals surface area contributed by atoms with Gasteiger partial charge < -0.3 is 10.2 Å². The van der Waals surface area contributed by atoms with Crippen LogP contribution in [0.4, 0.5) is 0 Å². The van der Waals surface area contributed by atoms with E-state index in [9.17, 15) is 10.2 Å². The van der Waals surface area contributed by atoms with Crippen molar-refractivity contribution < 1.29 is 10.2 Å². The van der Waals surface area contributed by atoms with E-state index in [0.717, 1.165) is 29.9 Å². The second-order valence-corrected chi connectivity index (χ2v) is 7.50. The van der Waals surface area contributed by atoms with Gasteiger partial charge in [-0.2, -0.15) is 0 Å². The lowest BCUT2D eigenvalue weighted by atomic mass is 9.82. The van der Waals surface area contributed by atoms with Crippen molar-refractivity contribution in [1.82, 2.24) is 0 Å². The summed E-state index contributed by atoms with van der Waals surface area (Å²) in [6.45, 7) is 0. The van der Waals surface area contributed by atoms with Gasteiger partial charge in [0.25, 0.3) is 0 Å². The van der Waals surface area contributed by atoms with E-state index in [2.05, 4.69) is 18.2 Å². The van der Waals surface area contributed by atoms with E-state index in [1.165, 1.54) is 5.56 Å². The number of halogens is 2. The summed E-state index contributed by atoms with van der Waals surface area (Å²) in [6.07, 6.45) is 4.73. The van der Waals surface area contributed by atoms with E-state index in [-0.39, 0.29) is 16.5 Å². The molecule has 132 valence electrons. The number of hydrogen-bond donors (Lipinski definition) is 2. The van der Waals surface area contributed by atoms with Gasteiger partial charge in [0.2, 0.25) is 0 Å². The highest BCUT2D eigenvalue weighted by Crippen LogP contribution is 2.48. The number of phenols is 2. The molecule has 0 saturated carbocycles. The van der Waals surface area contributed by atoms with E-state index in [1.54, 1.807) is 12.1 Å². The molecule has 4 rings (SSSR count). The highest BCUT2D eigenvalue weighted by Gasteiger charge is 2.24. The van der Waals surface area contributed by atoms with Crippen LogP contribution < -0.4 is 0 Å². The van der Waals surface area contributed by atoms with Crippen molar-refractivity contribution in [2.75, 3.05) is 0 Å². The molecule has 26 heavy (non-hydrogen) atoms. The van der Waals surface area contributed by atoms with Crippen LogP contribution in [-0.4, -0.2) is 10.2 Å². The van der Waals surface area contributed by atoms with Crippen molar-refractivity contribution in [2.45, 2.75) is 25.2 Å². The zero-order chi connectivity index (χ0) is 18.3. The zero-order valence-corrected chi connectivity index (χ0v) is 15.6. The SMILES string of the molecule is Oc1c(Cl)c(C2=CCC(c3ccc(Cl)cc3)CC2)c(O)c2ccccc12. The molecule has 4 heteroatoms. The third kappa shape index (κ3) is 2.94. The maximum Gasteiger partial charge on any atom is 0.142 e. The summed E-state index contributed by atoms with van der Waals surface area (Å²) in [5, 5.41) is 23.4. The molecular formula is C22H18Cl2O2. The first-order valence-corrected chi connectivity index (χ1v) is 9.39. The monoisotopic (exact) mass is 384 g/mol. The predicted octanol–water partition coefficient (Wildman–Crippen LogP) is 6.91. The zero-order valence-electron chi connectivity index (χ0n) is 14.0. The number of allylic oxidation sites excluding steroid dienone is 2. The molecule has 0 spiro atoms. The molecule has 3 aromatic rings. The Hall–Kier alpha value is -2.16. The summed E-state index contributed by atoms with van der Waals surface area (Å²) >= 11 is 12.4. The van der Waals surface area contributed by atoms with Crippen LogP contribution >= 0.6 is 23.2 Å². The molecule has 0 heterocycles. The van der Waals surface area contributed by atoms with Gasteiger partial charge in [-0.25, -0.2) is 0 Å². The average molecular weight is 385 g/mol. The minimum Gasteiger partial charge on any atom is -0.507 e. The van der Waals surface area contributed by atoms with Crippen molar-refractivity contribution in [3.05, 3.63) is 75.8 Å². The van der Waals surface area contributed by atoms with Gasteiger partial charge >= 0.3 is 0 Å². The highest BCUT2D eigenvalue weighted by atomic mass is 35.5. The normalized spacial score (nSPS) is 17.3. The lowest BCUT2D eigenvalue weighted by Crippen LogP contribution is -2.04. The van der Waals surface area contributed by atoms with Crippen molar-refractivity contribution in [3.63, 3.8) is 0 Å². The third-order valence-corrected chi connectivity index (χ3v) is 5.79. The minimum atomic E-state index is 0.0239. The van der Waals surface area contributed by atoms with Gasteiger partial charge in [0, 0.05) is 21.4 Å². The van der Waals surface area contributed by atoms with E-state index in [0.29, 0.717) is 22.3 Å². The van der Waals surface area contributed by atoms with Gasteiger partial charge in [-0.3, -0.25) is 0 Å². The average Bonchev–Trinajstić information content (AvgIpc) is 2.68. The first kappa shape index (κ1) is 17.3. The van der Waals surface area contributed by atoms with Gasteiger partial charge in [-0.15, -0.1) is 0 Å². The molecule has 3 aromatic carbocycles. The lowest BCUT2D eigenvalue weighted by Gasteiger charge is -2.24.